The van der Waals surface area contributed by atoms with Crippen LogP contribution in [0.25, 0.3) is 11.1 Å². The van der Waals surface area contributed by atoms with Gasteiger partial charge in [-0.1, -0.05) is 74.1 Å². The standard InChI is InChI=1S/C38H42F4N4O2S/c1-3-44(4-2)23-24-45(22-6-7-27-10-14-29(15-11-27)30-16-18-31(19-17-30)38(40,41)42)35(47)25-46-34-9-5-8-33(34)36(48)43-37(46)49-26-28-12-20-32(39)21-13-28/h10-21H,3-9,22-26H2,1-2H3. The molecule has 0 fully saturated rings. The van der Waals surface area contributed by atoms with Crippen LogP contribution in [-0.4, -0.2) is 58.0 Å². The predicted octanol–water partition coefficient (Wildman–Crippen LogP) is 7.65. The molecule has 0 spiro atoms. The fourth-order valence-corrected chi connectivity index (χ4v) is 7.14. The highest BCUT2D eigenvalue weighted by molar-refractivity contribution is 7.98. The van der Waals surface area contributed by atoms with Crippen molar-refractivity contribution in [3.63, 3.8) is 0 Å². The maximum absolute atomic E-state index is 14.0. The number of benzene rings is 3. The van der Waals surface area contributed by atoms with Gasteiger partial charge < -0.3 is 14.4 Å². The van der Waals surface area contributed by atoms with Crippen LogP contribution in [0.15, 0.2) is 82.7 Å². The largest absolute Gasteiger partial charge is 0.416 e. The predicted molar refractivity (Wildman–Crippen MR) is 186 cm³/mol. The Balaban J connectivity index is 1.28. The number of thioether (sulfide) groups is 1. The highest BCUT2D eigenvalue weighted by atomic mass is 32.2. The Hall–Kier alpha value is -3.96. The van der Waals surface area contributed by atoms with Gasteiger partial charge in [0.1, 0.15) is 12.4 Å². The van der Waals surface area contributed by atoms with Crippen molar-refractivity contribution in [2.75, 3.05) is 32.7 Å². The third-order valence-electron chi connectivity index (χ3n) is 9.10. The number of alkyl halides is 3. The van der Waals surface area contributed by atoms with Crippen LogP contribution in [0.3, 0.4) is 0 Å². The van der Waals surface area contributed by atoms with E-state index < -0.39 is 11.7 Å². The van der Waals surface area contributed by atoms with Gasteiger partial charge in [0.2, 0.25) is 5.91 Å². The van der Waals surface area contributed by atoms with Crippen molar-refractivity contribution in [3.05, 3.63) is 117 Å². The second-order valence-corrected chi connectivity index (χ2v) is 13.2. The molecule has 0 aliphatic heterocycles. The second kappa shape index (κ2) is 16.6. The molecule has 1 aliphatic rings. The number of carbonyl (C=O) groups excluding carboxylic acids is 1. The molecule has 0 saturated heterocycles. The minimum absolute atomic E-state index is 0.0343. The van der Waals surface area contributed by atoms with Crippen LogP contribution in [0.2, 0.25) is 0 Å². The van der Waals surface area contributed by atoms with Gasteiger partial charge in [-0.2, -0.15) is 18.2 Å². The van der Waals surface area contributed by atoms with Gasteiger partial charge in [0.15, 0.2) is 5.16 Å². The van der Waals surface area contributed by atoms with Crippen LogP contribution in [-0.2, 0) is 42.5 Å². The summed E-state index contributed by atoms with van der Waals surface area (Å²) < 4.78 is 54.3. The van der Waals surface area contributed by atoms with Crippen LogP contribution < -0.4 is 5.56 Å². The molecule has 0 atom stereocenters. The van der Waals surface area contributed by atoms with Crippen molar-refractivity contribution in [1.29, 1.82) is 0 Å². The zero-order valence-electron chi connectivity index (χ0n) is 27.9. The third kappa shape index (κ3) is 9.60. The van der Waals surface area contributed by atoms with E-state index in [2.05, 4.69) is 23.7 Å². The monoisotopic (exact) mass is 694 g/mol. The molecule has 260 valence electrons. The summed E-state index contributed by atoms with van der Waals surface area (Å²) in [6.07, 6.45) is -0.692. The van der Waals surface area contributed by atoms with Gasteiger partial charge in [0, 0.05) is 36.6 Å². The smallest absolute Gasteiger partial charge is 0.340 e. The average Bonchev–Trinajstić information content (AvgIpc) is 3.60. The molecule has 1 aromatic heterocycles. The van der Waals surface area contributed by atoms with Crippen molar-refractivity contribution in [2.24, 2.45) is 0 Å². The Kier molecular flexibility index (Phi) is 12.3. The van der Waals surface area contributed by atoms with Gasteiger partial charge in [-0.15, -0.1) is 0 Å². The zero-order valence-corrected chi connectivity index (χ0v) is 28.8. The summed E-state index contributed by atoms with van der Waals surface area (Å²) in [6.45, 7) is 7.91. The highest BCUT2D eigenvalue weighted by Crippen LogP contribution is 2.31. The molecule has 49 heavy (non-hydrogen) atoms. The van der Waals surface area contributed by atoms with Crippen LogP contribution in [0.1, 0.15) is 54.6 Å². The lowest BCUT2D eigenvalue weighted by atomic mass is 10.0. The maximum Gasteiger partial charge on any atom is 0.416 e. The molecule has 1 amide bonds. The number of fused-ring (bicyclic) bond motifs is 1. The number of hydrogen-bond donors (Lipinski definition) is 0. The first-order chi connectivity index (χ1) is 23.5. The summed E-state index contributed by atoms with van der Waals surface area (Å²) in [7, 11) is 0. The second-order valence-electron chi connectivity index (χ2n) is 12.3. The number of nitrogens with zero attached hydrogens (tertiary/aromatic N) is 4. The quantitative estimate of drug-likeness (QED) is 0.0727. The van der Waals surface area contributed by atoms with Crippen LogP contribution in [0.4, 0.5) is 17.6 Å². The molecule has 0 N–H and O–H groups in total. The normalized spacial score (nSPS) is 12.8. The molecule has 3 aromatic carbocycles. The average molecular weight is 695 g/mol. The Morgan fingerprint density at radius 1 is 0.857 bits per heavy atom. The van der Waals surface area contributed by atoms with Crippen molar-refractivity contribution in [2.45, 2.75) is 69.6 Å². The minimum atomic E-state index is -4.37. The minimum Gasteiger partial charge on any atom is -0.340 e. The number of carbonyl (C=O) groups is 1. The molecular weight excluding hydrogens is 653 g/mol. The number of rotatable bonds is 15. The molecule has 0 unspecified atom stereocenters. The van der Waals surface area contributed by atoms with E-state index >= 15 is 0 Å². The number of hydrogen-bond acceptors (Lipinski definition) is 5. The van der Waals surface area contributed by atoms with E-state index in [-0.39, 0.29) is 23.8 Å². The molecule has 1 aliphatic carbocycles. The molecule has 0 bridgehead atoms. The molecule has 1 heterocycles. The van der Waals surface area contributed by atoms with Crippen molar-refractivity contribution in [1.82, 2.24) is 19.4 Å². The van der Waals surface area contributed by atoms with E-state index in [0.29, 0.717) is 48.0 Å². The summed E-state index contributed by atoms with van der Waals surface area (Å²) in [4.78, 5) is 35.5. The number of aromatic nitrogens is 2. The van der Waals surface area contributed by atoms with E-state index in [1.165, 1.54) is 36.0 Å². The van der Waals surface area contributed by atoms with E-state index in [0.717, 1.165) is 73.4 Å². The van der Waals surface area contributed by atoms with E-state index in [1.807, 2.05) is 33.7 Å². The first-order valence-corrected chi connectivity index (χ1v) is 17.8. The van der Waals surface area contributed by atoms with Crippen molar-refractivity contribution < 1.29 is 22.4 Å². The summed E-state index contributed by atoms with van der Waals surface area (Å²) in [6, 6.07) is 19.2. The van der Waals surface area contributed by atoms with E-state index in [4.69, 9.17) is 0 Å². The zero-order chi connectivity index (χ0) is 35.0. The topological polar surface area (TPSA) is 58.4 Å². The lowest BCUT2D eigenvalue weighted by Gasteiger charge is -2.28. The number of likely N-dealkylation sites (N-methyl/N-ethyl adjacent to an activating group) is 1. The maximum atomic E-state index is 14.0. The summed E-state index contributed by atoms with van der Waals surface area (Å²) in [5.74, 6) is 0.142. The Bertz CT molecular complexity index is 1750. The fraction of sp³-hybridized carbons (Fsp3) is 0.395. The van der Waals surface area contributed by atoms with E-state index in [1.54, 1.807) is 12.1 Å². The molecule has 6 nitrogen and oxygen atoms in total. The fourth-order valence-electron chi connectivity index (χ4n) is 6.18. The number of halogens is 4. The van der Waals surface area contributed by atoms with Crippen LogP contribution in [0, 0.1) is 5.82 Å². The van der Waals surface area contributed by atoms with Crippen molar-refractivity contribution in [3.8, 4) is 11.1 Å². The SMILES string of the molecule is CCN(CC)CCN(CCCc1ccc(-c2ccc(C(F)(F)F)cc2)cc1)C(=O)Cn1c(SCc2ccc(F)cc2)nc(=O)c2c1CCC2. The van der Waals surface area contributed by atoms with Gasteiger partial charge in [0.05, 0.1) is 5.56 Å². The van der Waals surface area contributed by atoms with Gasteiger partial charge in [0.25, 0.3) is 5.56 Å². The van der Waals surface area contributed by atoms with Gasteiger partial charge >= 0.3 is 6.18 Å². The van der Waals surface area contributed by atoms with E-state index in [9.17, 15) is 27.2 Å². The molecule has 5 rings (SSSR count). The first kappa shape index (κ1) is 36.3. The Morgan fingerprint density at radius 3 is 2.12 bits per heavy atom. The van der Waals surface area contributed by atoms with Crippen LogP contribution >= 0.6 is 11.8 Å². The van der Waals surface area contributed by atoms with Crippen LogP contribution in [0.5, 0.6) is 0 Å². The number of aryl methyl sites for hydroxylation is 1. The lowest BCUT2D eigenvalue weighted by Crippen LogP contribution is -2.41. The molecule has 4 aromatic rings. The van der Waals surface area contributed by atoms with Gasteiger partial charge in [-0.05, 0) is 91.7 Å². The first-order valence-electron chi connectivity index (χ1n) is 16.8. The highest BCUT2D eigenvalue weighted by Gasteiger charge is 2.30. The van der Waals surface area contributed by atoms with Crippen molar-refractivity contribution >= 4 is 17.7 Å². The molecule has 11 heteroatoms. The molecule has 0 saturated carbocycles. The lowest BCUT2D eigenvalue weighted by molar-refractivity contribution is -0.137. The molecular formula is C38H42F4N4O2S. The summed E-state index contributed by atoms with van der Waals surface area (Å²) >= 11 is 1.38. The third-order valence-corrected chi connectivity index (χ3v) is 10.1. The van der Waals surface area contributed by atoms with Gasteiger partial charge in [-0.25, -0.2) is 4.39 Å². The summed E-state index contributed by atoms with van der Waals surface area (Å²) in [5.41, 5.74) is 4.19. The number of amides is 1. The van der Waals surface area contributed by atoms with Gasteiger partial charge in [-0.3, -0.25) is 9.59 Å². The Labute approximate surface area is 289 Å². The summed E-state index contributed by atoms with van der Waals surface area (Å²) in [5, 5.41) is 0.500. The Morgan fingerprint density at radius 2 is 1.49 bits per heavy atom. The molecule has 0 radical (unpaired) electrons.